The average Bonchev–Trinajstić information content (AvgIpc) is 3.43. The van der Waals surface area contributed by atoms with E-state index in [9.17, 15) is 17.6 Å². The number of rotatable bonds is 8. The van der Waals surface area contributed by atoms with E-state index in [0.717, 1.165) is 57.0 Å². The summed E-state index contributed by atoms with van der Waals surface area (Å²) in [6.07, 6.45) is 9.84. The van der Waals surface area contributed by atoms with Crippen LogP contribution in [0.1, 0.15) is 51.4 Å². The molecular formula is C23H32FNO4S. The molecule has 1 heterocycles. The van der Waals surface area contributed by atoms with E-state index in [1.165, 1.54) is 37.8 Å². The smallest absolute Gasteiger partial charge is 0.222 e. The van der Waals surface area contributed by atoms with Crippen LogP contribution in [0, 0.1) is 29.5 Å². The number of piperidine rings is 1. The minimum Gasteiger partial charge on any atom is -0.493 e. The molecule has 5 nitrogen and oxygen atoms in total. The molecule has 1 aromatic carbocycles. The number of halogens is 1. The highest BCUT2D eigenvalue weighted by Crippen LogP contribution is 2.49. The van der Waals surface area contributed by atoms with E-state index >= 15 is 0 Å². The number of hydrogen-bond donors (Lipinski definition) is 0. The number of sulfone groups is 1. The largest absolute Gasteiger partial charge is 0.493 e. The zero-order valence-electron chi connectivity index (χ0n) is 17.7. The highest BCUT2D eigenvalue weighted by atomic mass is 32.2. The molecule has 166 valence electrons. The molecule has 2 atom stereocenters. The highest BCUT2D eigenvalue weighted by Gasteiger charge is 2.43. The maximum Gasteiger partial charge on any atom is 0.222 e. The summed E-state index contributed by atoms with van der Waals surface area (Å²) in [4.78, 5) is 14.2. The van der Waals surface area contributed by atoms with Gasteiger partial charge in [0.15, 0.2) is 9.84 Å². The Hall–Kier alpha value is -1.63. The van der Waals surface area contributed by atoms with Gasteiger partial charge in [-0.1, -0.05) is 6.42 Å². The number of hydrogen-bond acceptors (Lipinski definition) is 4. The Morgan fingerprint density at radius 3 is 2.53 bits per heavy atom. The van der Waals surface area contributed by atoms with E-state index in [0.29, 0.717) is 36.0 Å². The number of nitrogens with zero attached hydrogens (tertiary/aromatic N) is 1. The first-order valence-electron chi connectivity index (χ1n) is 11.2. The van der Waals surface area contributed by atoms with Crippen LogP contribution in [0.2, 0.25) is 0 Å². The van der Waals surface area contributed by atoms with Gasteiger partial charge in [0.05, 0.1) is 6.61 Å². The average molecular weight is 438 g/mol. The van der Waals surface area contributed by atoms with Gasteiger partial charge in [-0.3, -0.25) is 4.79 Å². The van der Waals surface area contributed by atoms with Gasteiger partial charge in [-0.25, -0.2) is 12.8 Å². The number of likely N-dealkylation sites (tertiary alicyclic amines) is 1. The van der Waals surface area contributed by atoms with Crippen molar-refractivity contribution >= 4 is 15.7 Å². The van der Waals surface area contributed by atoms with Crippen molar-refractivity contribution < 1.29 is 22.3 Å². The van der Waals surface area contributed by atoms with Crippen molar-refractivity contribution in [2.45, 2.75) is 56.3 Å². The third-order valence-electron chi connectivity index (χ3n) is 7.22. The zero-order chi connectivity index (χ0) is 21.3. The topological polar surface area (TPSA) is 63.7 Å². The molecule has 30 heavy (non-hydrogen) atoms. The first kappa shape index (κ1) is 21.6. The summed E-state index contributed by atoms with van der Waals surface area (Å²) in [5.74, 6) is 2.67. The van der Waals surface area contributed by atoms with Gasteiger partial charge in [0.2, 0.25) is 5.91 Å². The van der Waals surface area contributed by atoms with Crippen molar-refractivity contribution in [2.24, 2.45) is 23.7 Å². The Kier molecular flexibility index (Phi) is 6.37. The summed E-state index contributed by atoms with van der Waals surface area (Å²) in [6, 6.07) is 3.93. The second kappa shape index (κ2) is 8.85. The molecule has 0 aromatic heterocycles. The lowest BCUT2D eigenvalue weighted by molar-refractivity contribution is -0.134. The molecule has 2 saturated carbocycles. The molecule has 3 fully saturated rings. The molecule has 2 aliphatic carbocycles. The predicted octanol–water partition coefficient (Wildman–Crippen LogP) is 4.06. The fourth-order valence-corrected chi connectivity index (χ4v) is 5.76. The summed E-state index contributed by atoms with van der Waals surface area (Å²) < 4.78 is 42.6. The van der Waals surface area contributed by atoms with Gasteiger partial charge < -0.3 is 9.64 Å². The first-order chi connectivity index (χ1) is 14.3. The van der Waals surface area contributed by atoms with Crippen molar-refractivity contribution in [1.29, 1.82) is 0 Å². The van der Waals surface area contributed by atoms with Gasteiger partial charge in [0.1, 0.15) is 16.5 Å². The molecule has 1 amide bonds. The molecule has 0 N–H and O–H groups in total. The second-order valence-electron chi connectivity index (χ2n) is 9.38. The van der Waals surface area contributed by atoms with Gasteiger partial charge in [0.25, 0.3) is 0 Å². The lowest BCUT2D eigenvalue weighted by atomic mass is 9.82. The molecule has 1 saturated heterocycles. The number of benzene rings is 1. The number of carbonyl (C=O) groups is 1. The number of amides is 1. The molecule has 0 radical (unpaired) electrons. The molecular weight excluding hydrogens is 405 g/mol. The normalized spacial score (nSPS) is 25.1. The van der Waals surface area contributed by atoms with E-state index in [1.807, 2.05) is 0 Å². The van der Waals surface area contributed by atoms with Crippen molar-refractivity contribution in [3.05, 3.63) is 24.0 Å². The van der Waals surface area contributed by atoms with Crippen molar-refractivity contribution in [3.63, 3.8) is 0 Å². The van der Waals surface area contributed by atoms with E-state index in [1.54, 1.807) is 0 Å². The third kappa shape index (κ3) is 5.16. The Bertz CT molecular complexity index is 875. The van der Waals surface area contributed by atoms with Crippen LogP contribution >= 0.6 is 0 Å². The van der Waals surface area contributed by atoms with Crippen LogP contribution < -0.4 is 4.74 Å². The van der Waals surface area contributed by atoms with Crippen LogP contribution in [-0.2, 0) is 14.6 Å². The second-order valence-corrected chi connectivity index (χ2v) is 11.4. The minimum absolute atomic E-state index is 0.297. The fraction of sp³-hybridized carbons (Fsp3) is 0.696. The van der Waals surface area contributed by atoms with Crippen LogP contribution in [0.5, 0.6) is 5.75 Å². The molecule has 7 heteroatoms. The zero-order valence-corrected chi connectivity index (χ0v) is 18.5. The quantitative estimate of drug-likeness (QED) is 0.615. The number of ether oxygens (including phenoxy) is 1. The van der Waals surface area contributed by atoms with Gasteiger partial charge in [-0.2, -0.15) is 0 Å². The Labute approximate surface area is 178 Å². The van der Waals surface area contributed by atoms with Gasteiger partial charge >= 0.3 is 0 Å². The summed E-state index contributed by atoms with van der Waals surface area (Å²) in [5, 5.41) is 0. The van der Waals surface area contributed by atoms with Gasteiger partial charge in [-0.15, -0.1) is 0 Å². The lowest BCUT2D eigenvalue weighted by Gasteiger charge is -2.34. The maximum absolute atomic E-state index is 13.9. The van der Waals surface area contributed by atoms with Gasteiger partial charge in [-0.05, 0) is 74.3 Å². The Balaban J connectivity index is 1.16. The molecule has 3 aliphatic rings. The molecule has 0 bridgehead atoms. The summed E-state index contributed by atoms with van der Waals surface area (Å²) in [5.41, 5.74) is 0. The van der Waals surface area contributed by atoms with E-state index in [2.05, 4.69) is 4.90 Å². The van der Waals surface area contributed by atoms with Crippen LogP contribution in [0.3, 0.4) is 0 Å². The lowest BCUT2D eigenvalue weighted by Crippen LogP contribution is -2.40. The first-order valence-corrected chi connectivity index (χ1v) is 13.1. The predicted molar refractivity (Wildman–Crippen MR) is 112 cm³/mol. The third-order valence-corrected chi connectivity index (χ3v) is 8.35. The molecule has 1 aliphatic heterocycles. The Morgan fingerprint density at radius 2 is 1.93 bits per heavy atom. The van der Waals surface area contributed by atoms with E-state index in [4.69, 9.17) is 4.74 Å². The fourth-order valence-electron chi connectivity index (χ4n) is 5.03. The highest BCUT2D eigenvalue weighted by molar-refractivity contribution is 7.90. The number of carbonyl (C=O) groups excluding carboxylic acids is 1. The SMILES string of the molecule is CS(=O)(=O)c1ccc(OCCC2CC2C2CCN(C(=O)CC3CCC3)CC2)cc1F. The molecule has 1 aromatic rings. The molecule has 4 rings (SSSR count). The van der Waals surface area contributed by atoms with Crippen molar-refractivity contribution in [1.82, 2.24) is 4.90 Å². The molecule has 2 unspecified atom stereocenters. The van der Waals surface area contributed by atoms with Crippen LogP contribution in [0.25, 0.3) is 0 Å². The maximum atomic E-state index is 13.9. The van der Waals surface area contributed by atoms with E-state index in [-0.39, 0.29) is 4.90 Å². The van der Waals surface area contributed by atoms with E-state index < -0.39 is 15.7 Å². The van der Waals surface area contributed by atoms with Crippen LogP contribution in [0.15, 0.2) is 23.1 Å². The minimum atomic E-state index is -3.56. The standard InChI is InChI=1S/C23H32FNO4S/c1-30(27,28)22-6-5-19(15-21(22)24)29-12-9-18-14-20(18)17-7-10-25(11-8-17)23(26)13-16-3-2-4-16/h5-6,15-18,20H,2-4,7-14H2,1H3. The van der Waals surface area contributed by atoms with Gasteiger partial charge in [0, 0.05) is 31.8 Å². The summed E-state index contributed by atoms with van der Waals surface area (Å²) >= 11 is 0. The molecule has 0 spiro atoms. The van der Waals surface area contributed by atoms with Crippen molar-refractivity contribution in [2.75, 3.05) is 26.0 Å². The van der Waals surface area contributed by atoms with Crippen LogP contribution in [-0.4, -0.2) is 45.2 Å². The monoisotopic (exact) mass is 437 g/mol. The Morgan fingerprint density at radius 1 is 1.20 bits per heavy atom. The summed E-state index contributed by atoms with van der Waals surface area (Å²) in [6.45, 7) is 2.32. The summed E-state index contributed by atoms with van der Waals surface area (Å²) in [7, 11) is -3.56. The van der Waals surface area contributed by atoms with Crippen LogP contribution in [0.4, 0.5) is 4.39 Å². The van der Waals surface area contributed by atoms with Crippen molar-refractivity contribution in [3.8, 4) is 5.75 Å².